The number of nitrogens with zero attached hydrogens (tertiary/aromatic N) is 1. The molecule has 0 atom stereocenters. The van der Waals surface area contributed by atoms with E-state index in [9.17, 15) is 4.79 Å². The maximum Gasteiger partial charge on any atom is 0.266 e. The molecule has 104 valence electrons. The fraction of sp³-hybridized carbons (Fsp3) is 0.200. The van der Waals surface area contributed by atoms with E-state index in [1.54, 1.807) is 12.1 Å². The van der Waals surface area contributed by atoms with Crippen LogP contribution in [-0.2, 0) is 13.0 Å². The molecule has 1 aromatic carbocycles. The SMILES string of the molecule is CCc1ccccc1OCc1ccc(C(=O)NN)cn1. The second-order valence-electron chi connectivity index (χ2n) is 4.26. The van der Waals surface area contributed by atoms with Gasteiger partial charge < -0.3 is 4.74 Å². The van der Waals surface area contributed by atoms with Gasteiger partial charge in [0.2, 0.25) is 0 Å². The first-order valence-corrected chi connectivity index (χ1v) is 6.41. The maximum absolute atomic E-state index is 11.3. The zero-order valence-corrected chi connectivity index (χ0v) is 11.3. The van der Waals surface area contributed by atoms with E-state index in [1.165, 1.54) is 6.20 Å². The largest absolute Gasteiger partial charge is 0.487 e. The van der Waals surface area contributed by atoms with Crippen molar-refractivity contribution in [1.82, 2.24) is 10.4 Å². The number of aryl methyl sites for hydroxylation is 1. The fourth-order valence-corrected chi connectivity index (χ4v) is 1.82. The van der Waals surface area contributed by atoms with Gasteiger partial charge in [-0.1, -0.05) is 25.1 Å². The molecule has 2 aromatic rings. The van der Waals surface area contributed by atoms with Crippen LogP contribution in [0.3, 0.4) is 0 Å². The number of hydrogen-bond acceptors (Lipinski definition) is 4. The Morgan fingerprint density at radius 3 is 2.75 bits per heavy atom. The van der Waals surface area contributed by atoms with Gasteiger partial charge in [-0.3, -0.25) is 15.2 Å². The highest BCUT2D eigenvalue weighted by Gasteiger charge is 2.05. The summed E-state index contributed by atoms with van der Waals surface area (Å²) < 4.78 is 5.75. The smallest absolute Gasteiger partial charge is 0.266 e. The topological polar surface area (TPSA) is 77.2 Å². The lowest BCUT2D eigenvalue weighted by atomic mass is 10.1. The molecule has 0 radical (unpaired) electrons. The third kappa shape index (κ3) is 3.33. The lowest BCUT2D eigenvalue weighted by Crippen LogP contribution is -2.30. The summed E-state index contributed by atoms with van der Waals surface area (Å²) in [5.41, 5.74) is 4.40. The van der Waals surface area contributed by atoms with Crippen molar-refractivity contribution in [3.8, 4) is 5.75 Å². The van der Waals surface area contributed by atoms with Crippen LogP contribution >= 0.6 is 0 Å². The molecule has 0 unspecified atom stereocenters. The van der Waals surface area contributed by atoms with Gasteiger partial charge in [-0.05, 0) is 30.2 Å². The molecule has 0 aliphatic carbocycles. The minimum absolute atomic E-state index is 0.360. The summed E-state index contributed by atoms with van der Waals surface area (Å²) in [7, 11) is 0. The zero-order chi connectivity index (χ0) is 14.4. The third-order valence-electron chi connectivity index (χ3n) is 2.95. The Labute approximate surface area is 117 Å². The van der Waals surface area contributed by atoms with Gasteiger partial charge in [-0.2, -0.15) is 0 Å². The highest BCUT2D eigenvalue weighted by Crippen LogP contribution is 2.19. The Morgan fingerprint density at radius 2 is 2.10 bits per heavy atom. The number of benzene rings is 1. The van der Waals surface area contributed by atoms with Crippen molar-refractivity contribution in [3.05, 3.63) is 59.4 Å². The Balaban J connectivity index is 2.02. The molecule has 0 spiro atoms. The number of amides is 1. The Kier molecular flexibility index (Phi) is 4.68. The van der Waals surface area contributed by atoms with Crippen molar-refractivity contribution in [2.45, 2.75) is 20.0 Å². The van der Waals surface area contributed by atoms with E-state index in [0.717, 1.165) is 23.4 Å². The van der Waals surface area contributed by atoms with Gasteiger partial charge in [0, 0.05) is 6.20 Å². The van der Waals surface area contributed by atoms with Crippen LogP contribution in [0.5, 0.6) is 5.75 Å². The summed E-state index contributed by atoms with van der Waals surface area (Å²) in [6.07, 6.45) is 2.39. The molecule has 0 aliphatic rings. The number of carbonyl (C=O) groups excluding carboxylic acids is 1. The summed E-state index contributed by atoms with van der Waals surface area (Å²) >= 11 is 0. The van der Waals surface area contributed by atoms with Gasteiger partial charge in [0.15, 0.2) is 0 Å². The second kappa shape index (κ2) is 6.68. The summed E-state index contributed by atoms with van der Waals surface area (Å²) in [5.74, 6) is 5.56. The first-order valence-electron chi connectivity index (χ1n) is 6.41. The molecule has 0 saturated carbocycles. The standard InChI is InChI=1S/C15H17N3O2/c1-2-11-5-3-4-6-14(11)20-10-13-8-7-12(9-17-13)15(19)18-16/h3-9H,2,10,16H2,1H3,(H,18,19). The second-order valence-corrected chi connectivity index (χ2v) is 4.26. The summed E-state index contributed by atoms with van der Waals surface area (Å²) in [4.78, 5) is 15.5. The molecular formula is C15H17N3O2. The third-order valence-corrected chi connectivity index (χ3v) is 2.95. The molecule has 5 heteroatoms. The Bertz CT molecular complexity index is 582. The van der Waals surface area contributed by atoms with Gasteiger partial charge in [-0.25, -0.2) is 5.84 Å². The molecule has 0 bridgehead atoms. The van der Waals surface area contributed by atoms with Crippen LogP contribution in [0.1, 0.15) is 28.5 Å². The summed E-state index contributed by atoms with van der Waals surface area (Å²) in [6.45, 7) is 2.45. The fourth-order valence-electron chi connectivity index (χ4n) is 1.82. The number of nitrogens with one attached hydrogen (secondary N) is 1. The van der Waals surface area contributed by atoms with Crippen LogP contribution in [0.15, 0.2) is 42.6 Å². The number of hydrogen-bond donors (Lipinski definition) is 2. The van der Waals surface area contributed by atoms with E-state index in [0.29, 0.717) is 12.2 Å². The first-order chi connectivity index (χ1) is 9.74. The zero-order valence-electron chi connectivity index (χ0n) is 11.3. The van der Waals surface area contributed by atoms with Gasteiger partial charge in [0.25, 0.3) is 5.91 Å². The van der Waals surface area contributed by atoms with Crippen molar-refractivity contribution >= 4 is 5.91 Å². The predicted octanol–water partition coefficient (Wildman–Crippen LogP) is 1.83. The van der Waals surface area contributed by atoms with E-state index in [1.807, 2.05) is 24.3 Å². The first kappa shape index (κ1) is 14.0. The molecule has 5 nitrogen and oxygen atoms in total. The van der Waals surface area contributed by atoms with Gasteiger partial charge in [-0.15, -0.1) is 0 Å². The van der Waals surface area contributed by atoms with Crippen LogP contribution in [0.4, 0.5) is 0 Å². The summed E-state index contributed by atoms with van der Waals surface area (Å²) in [6, 6.07) is 11.3. The number of para-hydroxylation sites is 1. The number of ether oxygens (including phenoxy) is 1. The number of nitrogen functional groups attached to an aromatic ring is 1. The predicted molar refractivity (Wildman–Crippen MR) is 76.0 cm³/mol. The minimum atomic E-state index is -0.360. The molecule has 0 saturated heterocycles. The molecule has 0 aliphatic heterocycles. The van der Waals surface area contributed by atoms with Crippen LogP contribution in [0.25, 0.3) is 0 Å². The number of aromatic nitrogens is 1. The van der Waals surface area contributed by atoms with E-state index < -0.39 is 0 Å². The van der Waals surface area contributed by atoms with Gasteiger partial charge in [0.1, 0.15) is 12.4 Å². The monoisotopic (exact) mass is 271 g/mol. The highest BCUT2D eigenvalue weighted by atomic mass is 16.5. The maximum atomic E-state index is 11.3. The number of pyridine rings is 1. The highest BCUT2D eigenvalue weighted by molar-refractivity contribution is 5.93. The molecule has 1 heterocycles. The molecule has 20 heavy (non-hydrogen) atoms. The van der Waals surface area contributed by atoms with Gasteiger partial charge >= 0.3 is 0 Å². The van der Waals surface area contributed by atoms with Crippen molar-refractivity contribution in [2.24, 2.45) is 5.84 Å². The number of hydrazine groups is 1. The lowest BCUT2D eigenvalue weighted by Gasteiger charge is -2.10. The Morgan fingerprint density at radius 1 is 1.30 bits per heavy atom. The molecule has 3 N–H and O–H groups in total. The van der Waals surface area contributed by atoms with Gasteiger partial charge in [0.05, 0.1) is 11.3 Å². The van der Waals surface area contributed by atoms with E-state index in [-0.39, 0.29) is 5.91 Å². The molecule has 2 rings (SSSR count). The number of rotatable bonds is 5. The van der Waals surface area contributed by atoms with E-state index in [2.05, 4.69) is 17.3 Å². The summed E-state index contributed by atoms with van der Waals surface area (Å²) in [5, 5.41) is 0. The number of nitrogens with two attached hydrogens (primary N) is 1. The average molecular weight is 271 g/mol. The normalized spacial score (nSPS) is 10.1. The van der Waals surface area contributed by atoms with E-state index in [4.69, 9.17) is 10.6 Å². The van der Waals surface area contributed by atoms with E-state index >= 15 is 0 Å². The molecule has 1 amide bonds. The molecule has 0 fully saturated rings. The Hall–Kier alpha value is -2.40. The van der Waals surface area contributed by atoms with Crippen molar-refractivity contribution in [2.75, 3.05) is 0 Å². The van der Waals surface area contributed by atoms with Crippen LogP contribution < -0.4 is 16.0 Å². The molecule has 1 aromatic heterocycles. The van der Waals surface area contributed by atoms with Crippen molar-refractivity contribution in [3.63, 3.8) is 0 Å². The van der Waals surface area contributed by atoms with Crippen LogP contribution in [0, 0.1) is 0 Å². The quantitative estimate of drug-likeness (QED) is 0.494. The average Bonchev–Trinajstić information content (AvgIpc) is 2.53. The van der Waals surface area contributed by atoms with Crippen molar-refractivity contribution < 1.29 is 9.53 Å². The van der Waals surface area contributed by atoms with Crippen LogP contribution in [0.2, 0.25) is 0 Å². The van der Waals surface area contributed by atoms with Crippen LogP contribution in [-0.4, -0.2) is 10.9 Å². The molecular weight excluding hydrogens is 254 g/mol. The minimum Gasteiger partial charge on any atom is -0.487 e. The lowest BCUT2D eigenvalue weighted by molar-refractivity contribution is 0.0953. The van der Waals surface area contributed by atoms with Crippen molar-refractivity contribution in [1.29, 1.82) is 0 Å². The number of carbonyl (C=O) groups is 1.